The van der Waals surface area contributed by atoms with Crippen LogP contribution in [0, 0.1) is 11.3 Å². The highest BCUT2D eigenvalue weighted by molar-refractivity contribution is 9.11. The number of nitriles is 1. The SMILES string of the molecule is N#CCCCCNC(=O)c1cc(Br)ccc1Br. The molecule has 1 aromatic rings. The van der Waals surface area contributed by atoms with E-state index in [9.17, 15) is 4.79 Å². The Morgan fingerprint density at radius 1 is 1.35 bits per heavy atom. The van der Waals surface area contributed by atoms with E-state index in [0.29, 0.717) is 18.5 Å². The molecule has 0 fully saturated rings. The summed E-state index contributed by atoms with van der Waals surface area (Å²) in [5.41, 5.74) is 0.611. The summed E-state index contributed by atoms with van der Waals surface area (Å²) in [7, 11) is 0. The Bertz CT molecular complexity index is 441. The average molecular weight is 360 g/mol. The number of halogens is 2. The molecular weight excluding hydrogens is 348 g/mol. The van der Waals surface area contributed by atoms with Crippen LogP contribution >= 0.6 is 31.9 Å². The Morgan fingerprint density at radius 2 is 2.12 bits per heavy atom. The third-order valence-corrected chi connectivity index (χ3v) is 3.36. The molecule has 17 heavy (non-hydrogen) atoms. The predicted octanol–water partition coefficient (Wildman–Crippen LogP) is 3.64. The van der Waals surface area contributed by atoms with Crippen molar-refractivity contribution in [3.8, 4) is 6.07 Å². The van der Waals surface area contributed by atoms with E-state index in [0.717, 1.165) is 21.8 Å². The predicted molar refractivity (Wildman–Crippen MR) is 73.6 cm³/mol. The van der Waals surface area contributed by atoms with E-state index in [1.54, 1.807) is 6.07 Å². The fourth-order valence-corrected chi connectivity index (χ4v) is 2.09. The molecule has 1 aromatic carbocycles. The lowest BCUT2D eigenvalue weighted by Crippen LogP contribution is -2.24. The molecule has 0 spiro atoms. The van der Waals surface area contributed by atoms with E-state index in [-0.39, 0.29) is 5.91 Å². The van der Waals surface area contributed by atoms with E-state index in [4.69, 9.17) is 5.26 Å². The van der Waals surface area contributed by atoms with Gasteiger partial charge in [-0.2, -0.15) is 5.26 Å². The molecule has 0 saturated heterocycles. The van der Waals surface area contributed by atoms with Gasteiger partial charge in [0.2, 0.25) is 0 Å². The van der Waals surface area contributed by atoms with Crippen molar-refractivity contribution in [2.45, 2.75) is 19.3 Å². The zero-order valence-corrected chi connectivity index (χ0v) is 12.3. The highest BCUT2D eigenvalue weighted by atomic mass is 79.9. The third kappa shape index (κ3) is 4.88. The maximum atomic E-state index is 11.8. The number of unbranched alkanes of at least 4 members (excludes halogenated alkanes) is 2. The Labute approximate surface area is 117 Å². The minimum Gasteiger partial charge on any atom is -0.352 e. The first-order valence-corrected chi connectivity index (χ1v) is 6.84. The summed E-state index contributed by atoms with van der Waals surface area (Å²) in [4.78, 5) is 11.8. The van der Waals surface area contributed by atoms with Crippen molar-refractivity contribution in [1.29, 1.82) is 5.26 Å². The van der Waals surface area contributed by atoms with E-state index in [1.807, 2.05) is 12.1 Å². The van der Waals surface area contributed by atoms with Gasteiger partial charge in [-0.3, -0.25) is 4.79 Å². The fourth-order valence-electron chi connectivity index (χ4n) is 1.30. The van der Waals surface area contributed by atoms with Gasteiger partial charge in [0.15, 0.2) is 0 Å². The van der Waals surface area contributed by atoms with Crippen LogP contribution < -0.4 is 5.32 Å². The van der Waals surface area contributed by atoms with Crippen molar-refractivity contribution in [3.05, 3.63) is 32.7 Å². The molecule has 0 atom stereocenters. The molecule has 0 radical (unpaired) electrons. The third-order valence-electron chi connectivity index (χ3n) is 2.17. The monoisotopic (exact) mass is 358 g/mol. The van der Waals surface area contributed by atoms with E-state index >= 15 is 0 Å². The minimum atomic E-state index is -0.102. The van der Waals surface area contributed by atoms with Crippen LogP contribution in [0.15, 0.2) is 27.1 Å². The van der Waals surface area contributed by atoms with Crippen LogP contribution in [-0.4, -0.2) is 12.5 Å². The normalized spacial score (nSPS) is 9.71. The Kier molecular flexibility index (Phi) is 6.23. The molecule has 1 rings (SSSR count). The first-order chi connectivity index (χ1) is 8.15. The van der Waals surface area contributed by atoms with Gasteiger partial charge in [0.1, 0.15) is 0 Å². The van der Waals surface area contributed by atoms with Crippen molar-refractivity contribution < 1.29 is 4.79 Å². The number of hydrogen-bond acceptors (Lipinski definition) is 2. The quantitative estimate of drug-likeness (QED) is 0.816. The van der Waals surface area contributed by atoms with Gasteiger partial charge in [0, 0.05) is 21.9 Å². The van der Waals surface area contributed by atoms with Gasteiger partial charge in [-0.1, -0.05) is 15.9 Å². The van der Waals surface area contributed by atoms with Crippen LogP contribution in [-0.2, 0) is 0 Å². The smallest absolute Gasteiger partial charge is 0.252 e. The van der Waals surface area contributed by atoms with E-state index < -0.39 is 0 Å². The summed E-state index contributed by atoms with van der Waals surface area (Å²) >= 11 is 6.67. The van der Waals surface area contributed by atoms with Gasteiger partial charge in [0.25, 0.3) is 5.91 Å². The molecule has 0 saturated carbocycles. The number of amides is 1. The number of nitrogens with zero attached hydrogens (tertiary/aromatic N) is 1. The van der Waals surface area contributed by atoms with Crippen LogP contribution in [0.5, 0.6) is 0 Å². The summed E-state index contributed by atoms with van der Waals surface area (Å²) in [6.07, 6.45) is 2.18. The lowest BCUT2D eigenvalue weighted by atomic mass is 10.2. The van der Waals surface area contributed by atoms with Crippen LogP contribution in [0.4, 0.5) is 0 Å². The highest BCUT2D eigenvalue weighted by Gasteiger charge is 2.09. The summed E-state index contributed by atoms with van der Waals surface area (Å²) < 4.78 is 1.64. The Balaban J connectivity index is 2.47. The molecule has 0 unspecified atom stereocenters. The second-order valence-electron chi connectivity index (χ2n) is 3.50. The largest absolute Gasteiger partial charge is 0.352 e. The lowest BCUT2D eigenvalue weighted by molar-refractivity contribution is 0.0952. The maximum absolute atomic E-state index is 11.8. The van der Waals surface area contributed by atoms with E-state index in [2.05, 4.69) is 43.2 Å². The second kappa shape index (κ2) is 7.46. The van der Waals surface area contributed by atoms with Crippen LogP contribution in [0.3, 0.4) is 0 Å². The van der Waals surface area contributed by atoms with Crippen molar-refractivity contribution in [2.24, 2.45) is 0 Å². The second-order valence-corrected chi connectivity index (χ2v) is 5.27. The van der Waals surface area contributed by atoms with Crippen molar-refractivity contribution in [2.75, 3.05) is 6.54 Å². The van der Waals surface area contributed by atoms with Gasteiger partial charge in [-0.25, -0.2) is 0 Å². The molecular formula is C12H12Br2N2O. The standard InChI is InChI=1S/C12H12Br2N2O/c13-9-4-5-11(14)10(8-9)12(17)16-7-3-1-2-6-15/h4-5,8H,1-3,7H2,(H,16,17). The van der Waals surface area contributed by atoms with Crippen LogP contribution in [0.1, 0.15) is 29.6 Å². The number of carbonyl (C=O) groups excluding carboxylic acids is 1. The summed E-state index contributed by atoms with van der Waals surface area (Å²) in [5.74, 6) is -0.102. The molecule has 1 amide bonds. The molecule has 1 N–H and O–H groups in total. The molecule has 0 aliphatic heterocycles. The highest BCUT2D eigenvalue weighted by Crippen LogP contribution is 2.21. The van der Waals surface area contributed by atoms with Crippen molar-refractivity contribution >= 4 is 37.8 Å². The summed E-state index contributed by atoms with van der Waals surface area (Å²) in [6.45, 7) is 0.597. The van der Waals surface area contributed by atoms with Crippen LogP contribution in [0.2, 0.25) is 0 Å². The summed E-state index contributed by atoms with van der Waals surface area (Å²) in [6, 6.07) is 7.55. The maximum Gasteiger partial charge on any atom is 0.252 e. The van der Waals surface area contributed by atoms with Gasteiger partial charge in [0.05, 0.1) is 11.6 Å². The van der Waals surface area contributed by atoms with E-state index in [1.165, 1.54) is 0 Å². The molecule has 0 aliphatic rings. The number of rotatable bonds is 5. The van der Waals surface area contributed by atoms with Crippen molar-refractivity contribution in [3.63, 3.8) is 0 Å². The first kappa shape index (κ1) is 14.2. The molecule has 3 nitrogen and oxygen atoms in total. The molecule has 0 heterocycles. The van der Waals surface area contributed by atoms with Crippen LogP contribution in [0.25, 0.3) is 0 Å². The molecule has 90 valence electrons. The Hall–Kier alpha value is -0.860. The molecule has 0 bridgehead atoms. The Morgan fingerprint density at radius 3 is 2.82 bits per heavy atom. The zero-order valence-electron chi connectivity index (χ0n) is 9.17. The fraction of sp³-hybridized carbons (Fsp3) is 0.333. The average Bonchev–Trinajstić information content (AvgIpc) is 2.32. The lowest BCUT2D eigenvalue weighted by Gasteiger charge is -2.06. The number of carbonyl (C=O) groups is 1. The summed E-state index contributed by atoms with van der Waals surface area (Å²) in [5, 5.41) is 11.2. The van der Waals surface area contributed by atoms with Gasteiger partial charge >= 0.3 is 0 Å². The number of benzene rings is 1. The van der Waals surface area contributed by atoms with Gasteiger partial charge in [-0.05, 0) is 47.0 Å². The first-order valence-electron chi connectivity index (χ1n) is 5.25. The zero-order chi connectivity index (χ0) is 12.7. The molecule has 5 heteroatoms. The number of nitrogens with one attached hydrogen (secondary N) is 1. The molecule has 0 aromatic heterocycles. The topological polar surface area (TPSA) is 52.9 Å². The van der Waals surface area contributed by atoms with Gasteiger partial charge < -0.3 is 5.32 Å². The number of hydrogen-bond donors (Lipinski definition) is 1. The van der Waals surface area contributed by atoms with Gasteiger partial charge in [-0.15, -0.1) is 0 Å². The minimum absolute atomic E-state index is 0.102. The van der Waals surface area contributed by atoms with Crippen molar-refractivity contribution in [1.82, 2.24) is 5.32 Å². The molecule has 0 aliphatic carbocycles.